The molecule has 0 aliphatic carbocycles. The number of carbonyl (C=O) groups excluding carboxylic acids is 1. The molecule has 2 aliphatic heterocycles. The molecule has 0 aromatic heterocycles. The molecule has 1 aromatic carbocycles. The first-order valence-electron chi connectivity index (χ1n) is 6.62. The van der Waals surface area contributed by atoms with Gasteiger partial charge >= 0.3 is 6.03 Å². The van der Waals surface area contributed by atoms with E-state index in [1.807, 2.05) is 9.80 Å². The first-order valence-corrected chi connectivity index (χ1v) is 6.62. The summed E-state index contributed by atoms with van der Waals surface area (Å²) in [4.78, 5) is 18.4. The van der Waals surface area contributed by atoms with Crippen LogP contribution >= 0.6 is 0 Å². The molecule has 0 bridgehead atoms. The van der Waals surface area contributed by atoms with Crippen LogP contribution in [0.1, 0.15) is 5.56 Å². The SMILES string of the molecule is CN1CCN2C(=O)N(Cc3ccc(F)cc3)C[C@H]2C1. The fraction of sp³-hybridized carbons (Fsp3) is 0.500. The smallest absolute Gasteiger partial charge is 0.318 e. The molecular formula is C14H18FN3O. The molecule has 5 heteroatoms. The number of hydrogen-bond donors (Lipinski definition) is 0. The van der Waals surface area contributed by atoms with Crippen molar-refractivity contribution in [3.8, 4) is 0 Å². The van der Waals surface area contributed by atoms with Crippen molar-refractivity contribution in [2.45, 2.75) is 12.6 Å². The summed E-state index contributed by atoms with van der Waals surface area (Å²) in [5, 5.41) is 0. The van der Waals surface area contributed by atoms with Gasteiger partial charge in [-0.05, 0) is 24.7 Å². The van der Waals surface area contributed by atoms with E-state index in [0.717, 1.165) is 31.7 Å². The molecule has 4 nitrogen and oxygen atoms in total. The van der Waals surface area contributed by atoms with Crippen molar-refractivity contribution in [3.63, 3.8) is 0 Å². The number of fused-ring (bicyclic) bond motifs is 1. The quantitative estimate of drug-likeness (QED) is 0.806. The third-order valence-electron chi connectivity index (χ3n) is 3.92. The van der Waals surface area contributed by atoms with E-state index in [1.165, 1.54) is 12.1 Å². The van der Waals surface area contributed by atoms with Crippen LogP contribution in [-0.4, -0.2) is 60.0 Å². The molecule has 102 valence electrons. The minimum absolute atomic E-state index is 0.113. The van der Waals surface area contributed by atoms with Gasteiger partial charge in [-0.25, -0.2) is 9.18 Å². The molecule has 2 aliphatic rings. The highest BCUT2D eigenvalue weighted by atomic mass is 19.1. The van der Waals surface area contributed by atoms with Gasteiger partial charge in [0.25, 0.3) is 0 Å². The fourth-order valence-corrected chi connectivity index (χ4v) is 2.88. The Bertz CT molecular complexity index is 476. The number of urea groups is 1. The van der Waals surface area contributed by atoms with Gasteiger partial charge in [0.2, 0.25) is 0 Å². The Morgan fingerprint density at radius 2 is 1.95 bits per heavy atom. The highest BCUT2D eigenvalue weighted by Gasteiger charge is 2.39. The maximum atomic E-state index is 12.9. The summed E-state index contributed by atoms with van der Waals surface area (Å²) in [5.41, 5.74) is 0.975. The Morgan fingerprint density at radius 3 is 2.68 bits per heavy atom. The lowest BCUT2D eigenvalue weighted by atomic mass is 10.2. The van der Waals surface area contributed by atoms with Gasteiger partial charge in [0.1, 0.15) is 5.82 Å². The Labute approximate surface area is 112 Å². The molecule has 2 saturated heterocycles. The topological polar surface area (TPSA) is 26.8 Å². The predicted octanol–water partition coefficient (Wildman–Crippen LogP) is 1.38. The van der Waals surface area contributed by atoms with Gasteiger partial charge in [-0.3, -0.25) is 0 Å². The van der Waals surface area contributed by atoms with Crippen molar-refractivity contribution < 1.29 is 9.18 Å². The van der Waals surface area contributed by atoms with Crippen molar-refractivity contribution in [2.24, 2.45) is 0 Å². The first-order chi connectivity index (χ1) is 9.13. The highest BCUT2D eigenvalue weighted by molar-refractivity contribution is 5.77. The summed E-state index contributed by atoms with van der Waals surface area (Å²) < 4.78 is 12.9. The molecule has 2 fully saturated rings. The van der Waals surface area contributed by atoms with Crippen LogP contribution in [0.2, 0.25) is 0 Å². The summed E-state index contributed by atoms with van der Waals surface area (Å²) in [6.45, 7) is 4.01. The van der Waals surface area contributed by atoms with Crippen LogP contribution < -0.4 is 0 Å². The van der Waals surface area contributed by atoms with E-state index < -0.39 is 0 Å². The van der Waals surface area contributed by atoms with E-state index >= 15 is 0 Å². The van der Waals surface area contributed by atoms with E-state index in [4.69, 9.17) is 0 Å². The number of rotatable bonds is 2. The van der Waals surface area contributed by atoms with Crippen molar-refractivity contribution in [1.82, 2.24) is 14.7 Å². The predicted molar refractivity (Wildman–Crippen MR) is 70.2 cm³/mol. The Hall–Kier alpha value is -1.62. The van der Waals surface area contributed by atoms with Gasteiger partial charge in [0.15, 0.2) is 0 Å². The molecule has 19 heavy (non-hydrogen) atoms. The van der Waals surface area contributed by atoms with Gasteiger partial charge in [-0.2, -0.15) is 0 Å². The minimum atomic E-state index is -0.240. The molecule has 1 aromatic rings. The summed E-state index contributed by atoms with van der Waals surface area (Å²) in [5.74, 6) is -0.240. The lowest BCUT2D eigenvalue weighted by Gasteiger charge is -2.33. The van der Waals surface area contributed by atoms with Gasteiger partial charge in [0, 0.05) is 32.7 Å². The van der Waals surface area contributed by atoms with E-state index in [0.29, 0.717) is 12.6 Å². The van der Waals surface area contributed by atoms with Crippen LogP contribution in [0.4, 0.5) is 9.18 Å². The van der Waals surface area contributed by atoms with Crippen LogP contribution in [0.25, 0.3) is 0 Å². The van der Waals surface area contributed by atoms with Gasteiger partial charge in [-0.1, -0.05) is 12.1 Å². The summed E-state index contributed by atoms with van der Waals surface area (Å²) >= 11 is 0. The summed E-state index contributed by atoms with van der Waals surface area (Å²) in [6.07, 6.45) is 0. The maximum Gasteiger partial charge on any atom is 0.320 e. The van der Waals surface area contributed by atoms with E-state index in [2.05, 4.69) is 11.9 Å². The molecule has 3 rings (SSSR count). The van der Waals surface area contributed by atoms with Crippen LogP contribution in [0.3, 0.4) is 0 Å². The Morgan fingerprint density at radius 1 is 1.21 bits per heavy atom. The van der Waals surface area contributed by atoms with Crippen molar-refractivity contribution >= 4 is 6.03 Å². The van der Waals surface area contributed by atoms with Crippen LogP contribution in [0.15, 0.2) is 24.3 Å². The summed E-state index contributed by atoms with van der Waals surface area (Å²) in [6, 6.07) is 6.78. The Kier molecular flexibility index (Phi) is 3.14. The monoisotopic (exact) mass is 263 g/mol. The number of likely N-dealkylation sites (N-methyl/N-ethyl adjacent to an activating group) is 1. The molecule has 2 heterocycles. The zero-order valence-corrected chi connectivity index (χ0v) is 11.1. The largest absolute Gasteiger partial charge is 0.320 e. The number of hydrogen-bond acceptors (Lipinski definition) is 2. The molecule has 0 unspecified atom stereocenters. The zero-order chi connectivity index (χ0) is 13.4. The van der Waals surface area contributed by atoms with Crippen molar-refractivity contribution in [3.05, 3.63) is 35.6 Å². The van der Waals surface area contributed by atoms with Gasteiger partial charge < -0.3 is 14.7 Å². The lowest BCUT2D eigenvalue weighted by Crippen LogP contribution is -2.50. The zero-order valence-electron chi connectivity index (χ0n) is 11.1. The maximum absolute atomic E-state index is 12.9. The minimum Gasteiger partial charge on any atom is -0.318 e. The highest BCUT2D eigenvalue weighted by Crippen LogP contribution is 2.21. The second-order valence-corrected chi connectivity index (χ2v) is 5.40. The Balaban J connectivity index is 1.69. The van der Waals surface area contributed by atoms with E-state index in [-0.39, 0.29) is 11.8 Å². The molecule has 0 N–H and O–H groups in total. The third-order valence-corrected chi connectivity index (χ3v) is 3.92. The lowest BCUT2D eigenvalue weighted by molar-refractivity contribution is 0.138. The molecule has 1 atom stereocenters. The number of halogens is 1. The van der Waals surface area contributed by atoms with Crippen LogP contribution in [0, 0.1) is 5.82 Å². The van der Waals surface area contributed by atoms with E-state index in [9.17, 15) is 9.18 Å². The number of carbonyl (C=O) groups is 1. The number of nitrogens with zero attached hydrogens (tertiary/aromatic N) is 3. The number of benzene rings is 1. The molecule has 0 saturated carbocycles. The molecule has 0 spiro atoms. The molecule has 2 amide bonds. The van der Waals surface area contributed by atoms with Crippen molar-refractivity contribution in [1.29, 1.82) is 0 Å². The number of piperazine rings is 1. The molecule has 0 radical (unpaired) electrons. The van der Waals surface area contributed by atoms with Gasteiger partial charge in [-0.15, -0.1) is 0 Å². The number of amides is 2. The summed E-state index contributed by atoms with van der Waals surface area (Å²) in [7, 11) is 2.09. The first kappa shape index (κ1) is 12.4. The van der Waals surface area contributed by atoms with Crippen LogP contribution in [0.5, 0.6) is 0 Å². The second kappa shape index (κ2) is 4.81. The van der Waals surface area contributed by atoms with Gasteiger partial charge in [0.05, 0.1) is 6.04 Å². The third kappa shape index (κ3) is 2.42. The average molecular weight is 263 g/mol. The molecular weight excluding hydrogens is 245 g/mol. The van der Waals surface area contributed by atoms with E-state index in [1.54, 1.807) is 12.1 Å². The average Bonchev–Trinajstić information content (AvgIpc) is 2.68. The van der Waals surface area contributed by atoms with Crippen molar-refractivity contribution in [2.75, 3.05) is 33.2 Å². The normalized spacial score (nSPS) is 23.9. The second-order valence-electron chi connectivity index (χ2n) is 5.40. The fourth-order valence-electron chi connectivity index (χ4n) is 2.88. The van der Waals surface area contributed by atoms with Crippen LogP contribution in [-0.2, 0) is 6.54 Å². The standard InChI is InChI=1S/C14H18FN3O/c1-16-6-7-18-13(9-16)10-17(14(18)19)8-11-2-4-12(15)5-3-11/h2-5,13H,6-10H2,1H3/t13-/m1/s1.